The maximum Gasteiger partial charge on any atom is 0.334 e. The molecule has 0 aliphatic carbocycles. The van der Waals surface area contributed by atoms with Crippen molar-refractivity contribution >= 4 is 34.4 Å². The Morgan fingerprint density at radius 3 is 0.489 bits per heavy atom. The van der Waals surface area contributed by atoms with Crippen LogP contribution in [0.2, 0.25) is 0 Å². The summed E-state index contributed by atoms with van der Waals surface area (Å²) in [6.07, 6.45) is 0. The van der Waals surface area contributed by atoms with Gasteiger partial charge in [-0.3, -0.25) is 0 Å². The fourth-order valence-electron chi connectivity index (χ4n) is 10.3. The summed E-state index contributed by atoms with van der Waals surface area (Å²) in [4.78, 5) is 62.5. The van der Waals surface area contributed by atoms with E-state index in [0.717, 1.165) is 44.5 Å². The quantitative estimate of drug-likeness (QED) is 0.0463. The fraction of sp³-hybridized carbons (Fsp3) is 0.636. The molecular weight excluding hydrogens is 1200 g/mol. The minimum atomic E-state index is -2.61. The molecule has 4 rings (SSSR count). The number of aliphatic hydroxyl groups excluding tert-OH is 6. The molecule has 504 valence electrons. The average molecular weight is 1320 g/mol. The third-order valence-corrected chi connectivity index (χ3v) is 18.3. The van der Waals surface area contributed by atoms with E-state index in [1.54, 1.807) is 0 Å². The molecule has 0 aromatic heterocycles. The number of aliphatic hydroxyl groups is 8. The second-order valence-electron chi connectivity index (χ2n) is 31.1. The van der Waals surface area contributed by atoms with Gasteiger partial charge in [-0.15, -0.1) is 0 Å². The summed E-state index contributed by atoms with van der Waals surface area (Å²) in [5, 5.41) is 90.4. The van der Waals surface area contributed by atoms with E-state index in [4.69, 9.17) is 39.1 Å². The van der Waals surface area contributed by atoms with Crippen LogP contribution in [0.3, 0.4) is 0 Å². The van der Waals surface area contributed by atoms with Gasteiger partial charge < -0.3 is 80.0 Å². The first-order valence-corrected chi connectivity index (χ1v) is 33.9. The monoisotopic (exact) mass is 1320 g/mol. The molecule has 16 N–H and O–H groups in total. The van der Waals surface area contributed by atoms with Crippen molar-refractivity contribution in [2.24, 2.45) is 10.8 Å². The lowest BCUT2D eigenvalue weighted by molar-refractivity contribution is -0.137. The molecule has 0 aliphatic heterocycles. The highest BCUT2D eigenvalue weighted by Crippen LogP contribution is 2.54. The van der Waals surface area contributed by atoms with Gasteiger partial charge in [0.15, 0.2) is 0 Å². The summed E-state index contributed by atoms with van der Waals surface area (Å²) >= 11 is 0. The topological polar surface area (TPSA) is 342 Å². The second-order valence-corrected chi connectivity index (χ2v) is 34.5. The van der Waals surface area contributed by atoms with Gasteiger partial charge in [0, 0.05) is 0 Å². The van der Waals surface area contributed by atoms with Crippen molar-refractivity contribution in [3.8, 4) is 0 Å². The summed E-state index contributed by atoms with van der Waals surface area (Å²) < 4.78 is 7.20. The Labute approximate surface area is 531 Å². The molecule has 18 nitrogen and oxygen atoms in total. The molecule has 0 atom stereocenters. The van der Waals surface area contributed by atoms with Gasteiger partial charge in [0.25, 0.3) is 0 Å². The highest BCUT2D eigenvalue weighted by atomic mass is 31.2. The van der Waals surface area contributed by atoms with Crippen molar-refractivity contribution in [1.82, 2.24) is 0 Å². The van der Waals surface area contributed by atoms with Crippen LogP contribution in [0, 0.1) is 10.8 Å². The van der Waals surface area contributed by atoms with Crippen LogP contribution in [0.15, 0.2) is 72.8 Å². The van der Waals surface area contributed by atoms with Gasteiger partial charge in [-0.05, 0) is 110 Å². The van der Waals surface area contributed by atoms with Gasteiger partial charge in [-0.2, -0.15) is 0 Å². The normalized spacial score (nSPS) is 13.8. The molecule has 4 aromatic carbocycles. The summed E-state index contributed by atoms with van der Waals surface area (Å²) in [6.45, 7) is 47.5. The molecule has 0 spiro atoms. The zero-order valence-electron chi connectivity index (χ0n) is 56.9. The van der Waals surface area contributed by atoms with E-state index in [9.17, 15) is 40.9 Å². The lowest BCUT2D eigenvalue weighted by Crippen LogP contribution is -2.55. The van der Waals surface area contributed by atoms with Crippen molar-refractivity contribution in [2.45, 2.75) is 221 Å². The maximum atomic E-state index is 13.1. The van der Waals surface area contributed by atoms with Gasteiger partial charge >= 0.3 is 34.4 Å². The van der Waals surface area contributed by atoms with Crippen LogP contribution >= 0.6 is 34.4 Å². The largest absolute Gasteiger partial charge is 0.395 e. The van der Waals surface area contributed by atoms with Crippen molar-refractivity contribution in [3.63, 3.8) is 0 Å². The van der Waals surface area contributed by atoms with Gasteiger partial charge in [0.2, 0.25) is 0 Å². The van der Waals surface area contributed by atoms with Gasteiger partial charge in [0.1, 0.15) is 11.2 Å². The van der Waals surface area contributed by atoms with E-state index in [-0.39, 0.29) is 43.3 Å². The maximum absolute atomic E-state index is 13.1. The van der Waals surface area contributed by atoms with Gasteiger partial charge in [-0.1, -0.05) is 239 Å². The minimum absolute atomic E-state index is 0.108. The van der Waals surface area contributed by atoms with Crippen LogP contribution in [-0.4, -0.2) is 120 Å². The summed E-state index contributed by atoms with van der Waals surface area (Å²) in [6, 6.07) is 24.4. The Hall–Kier alpha value is -2.12. The summed E-state index contributed by atoms with van der Waals surface area (Å²) in [5.41, 5.74) is 1.73. The Bertz CT molecular complexity index is 2440. The van der Waals surface area contributed by atoms with Gasteiger partial charge in [0.05, 0.1) is 50.5 Å². The SMILES string of the molecule is CC(C)(C)c1ccc(C(O)(c2ccc(C(C)(C)C)cc2C(C)(C)C)C(CO)(CO)CO)c(C(C)(C)C)c1.CC(C)(C)c1ccc(C(O)(c2ccc(C(C)(C)C)cc2C(C)(C)C)C(CO)(CO)CO)c(C(C)(C)C)c1.OP(O)OP(O)O.OP(O)OP(O)O. The highest BCUT2D eigenvalue weighted by molar-refractivity contribution is 7.53. The van der Waals surface area contributed by atoms with Crippen LogP contribution in [0.5, 0.6) is 0 Å². The van der Waals surface area contributed by atoms with E-state index in [0.29, 0.717) is 22.3 Å². The van der Waals surface area contributed by atoms with Crippen LogP contribution in [0.1, 0.15) is 233 Å². The van der Waals surface area contributed by atoms with Crippen molar-refractivity contribution in [1.29, 1.82) is 0 Å². The molecule has 0 saturated heterocycles. The lowest BCUT2D eigenvalue weighted by Gasteiger charge is -2.49. The zero-order chi connectivity index (χ0) is 69.4. The molecule has 0 amide bonds. The molecule has 0 aliphatic rings. The van der Waals surface area contributed by atoms with Crippen molar-refractivity contribution in [2.75, 3.05) is 39.6 Å². The second kappa shape index (κ2) is 31.4. The number of rotatable bonds is 16. The Kier molecular flexibility index (Phi) is 29.9. The predicted octanol–water partition coefficient (Wildman–Crippen LogP) is 11.0. The zero-order valence-corrected chi connectivity index (χ0v) is 60.5. The molecular formula is C66H112O18P4. The molecule has 88 heavy (non-hydrogen) atoms. The van der Waals surface area contributed by atoms with Crippen LogP contribution in [0.25, 0.3) is 0 Å². The molecule has 0 saturated carbocycles. The first-order valence-electron chi connectivity index (χ1n) is 29.2. The molecule has 4 aromatic rings. The predicted molar refractivity (Wildman–Crippen MR) is 356 cm³/mol. The van der Waals surface area contributed by atoms with E-state index >= 15 is 0 Å². The highest BCUT2D eigenvalue weighted by Gasteiger charge is 2.57. The number of hydrogen-bond donors (Lipinski definition) is 16. The smallest absolute Gasteiger partial charge is 0.334 e. The average Bonchev–Trinajstić information content (AvgIpc) is 0.825. The Morgan fingerprint density at radius 2 is 0.398 bits per heavy atom. The molecule has 0 radical (unpaired) electrons. The molecule has 0 fully saturated rings. The summed E-state index contributed by atoms with van der Waals surface area (Å²) in [7, 11) is -10.4. The van der Waals surface area contributed by atoms with E-state index in [1.807, 2.05) is 48.5 Å². The number of hydrogen-bond acceptors (Lipinski definition) is 18. The fourth-order valence-corrected chi connectivity index (χ4v) is 11.4. The third-order valence-electron chi connectivity index (χ3n) is 16.0. The van der Waals surface area contributed by atoms with E-state index in [2.05, 4.69) is 199 Å². The van der Waals surface area contributed by atoms with Crippen molar-refractivity contribution in [3.05, 3.63) is 140 Å². The minimum Gasteiger partial charge on any atom is -0.395 e. The van der Waals surface area contributed by atoms with Crippen LogP contribution in [-0.2, 0) is 63.1 Å². The van der Waals surface area contributed by atoms with Crippen molar-refractivity contribution < 1.29 is 88.6 Å². The van der Waals surface area contributed by atoms with E-state index in [1.165, 1.54) is 0 Å². The van der Waals surface area contributed by atoms with E-state index < -0.39 is 96.1 Å². The molecule has 22 heteroatoms. The molecule has 0 bridgehead atoms. The standard InChI is InChI=1S/2C33H52O4.2H4O5P2/c2*1-28(2,3)22-13-15-24(26(17-22)30(7,8)9)33(37,32(19-34,20-35)21-36)25-16-14-23(29(4,5)6)18-27(25)31(10,11)12;2*1-6(2)5-7(3)4/h2*13-18,34-37H,19-21H2,1-12H3;2*1-4H. The Morgan fingerprint density at radius 1 is 0.250 bits per heavy atom. The molecule has 0 heterocycles. The van der Waals surface area contributed by atoms with Crippen LogP contribution in [0.4, 0.5) is 0 Å². The third kappa shape index (κ3) is 20.9. The Balaban J connectivity index is 0.000000721. The number of benzene rings is 4. The summed E-state index contributed by atoms with van der Waals surface area (Å²) in [5.74, 6) is 0. The van der Waals surface area contributed by atoms with Crippen LogP contribution < -0.4 is 0 Å². The molecule has 0 unspecified atom stereocenters. The lowest BCUT2D eigenvalue weighted by atomic mass is 9.60. The first-order chi connectivity index (χ1) is 39.4. The van der Waals surface area contributed by atoms with Gasteiger partial charge in [-0.25, -0.2) is 8.62 Å². The first kappa shape index (κ1) is 83.9.